The van der Waals surface area contributed by atoms with E-state index in [1.807, 2.05) is 0 Å². The molecule has 172 valence electrons. The summed E-state index contributed by atoms with van der Waals surface area (Å²) in [4.78, 5) is 35.6. The number of aryl methyl sites for hydroxylation is 2. The molecule has 0 aliphatic rings. The predicted octanol–water partition coefficient (Wildman–Crippen LogP) is 3.90. The molecule has 3 heterocycles. The minimum atomic E-state index is -4.67. The van der Waals surface area contributed by atoms with Crippen molar-refractivity contribution in [1.29, 1.82) is 0 Å². The third-order valence-corrected chi connectivity index (χ3v) is 5.79. The summed E-state index contributed by atoms with van der Waals surface area (Å²) in [6.07, 6.45) is -4.35. The van der Waals surface area contributed by atoms with Gasteiger partial charge in [0.05, 0.1) is 10.2 Å². The first-order chi connectivity index (χ1) is 15.5. The minimum Gasteiger partial charge on any atom is -0.326 e. The second kappa shape index (κ2) is 8.39. The number of hydrogen-bond donors (Lipinski definition) is 2. The van der Waals surface area contributed by atoms with Crippen molar-refractivity contribution in [3.63, 3.8) is 0 Å². The number of nitrogens with zero attached hydrogens (tertiary/aromatic N) is 5. The molecule has 0 saturated carbocycles. The maximum atomic E-state index is 12.9. The smallest absolute Gasteiger partial charge is 0.326 e. The van der Waals surface area contributed by atoms with Crippen LogP contribution in [0.3, 0.4) is 0 Å². The number of hydrogen-bond acceptors (Lipinski definition) is 7. The van der Waals surface area contributed by atoms with Crippen LogP contribution in [-0.2, 0) is 22.2 Å². The Balaban J connectivity index is 1.48. The van der Waals surface area contributed by atoms with Crippen LogP contribution in [0.1, 0.15) is 36.1 Å². The molecule has 0 saturated heterocycles. The molecule has 0 radical (unpaired) electrons. The maximum absolute atomic E-state index is 12.9. The Kier molecular flexibility index (Phi) is 5.74. The first kappa shape index (κ1) is 22.6. The third kappa shape index (κ3) is 4.77. The molecule has 3 aromatic heterocycles. The summed E-state index contributed by atoms with van der Waals surface area (Å²) in [7, 11) is 0. The SMILES string of the molecule is CC(=O)Nc1ccc2nc(NC(=O)CCc3c(C)nc4nc(C(F)(F)F)nn4c3C)sc2c1. The Hall–Kier alpha value is -3.61. The van der Waals surface area contributed by atoms with Crippen LogP contribution >= 0.6 is 11.3 Å². The number of benzene rings is 1. The molecule has 2 N–H and O–H groups in total. The summed E-state index contributed by atoms with van der Waals surface area (Å²) in [6, 6.07) is 5.23. The number of amides is 2. The van der Waals surface area contributed by atoms with Crippen molar-refractivity contribution in [3.05, 3.63) is 41.0 Å². The molecule has 33 heavy (non-hydrogen) atoms. The third-order valence-electron chi connectivity index (χ3n) is 4.86. The van der Waals surface area contributed by atoms with Gasteiger partial charge < -0.3 is 10.6 Å². The molecule has 0 atom stereocenters. The molecule has 1 aromatic carbocycles. The normalized spacial score (nSPS) is 11.8. The minimum absolute atomic E-state index is 0.0722. The van der Waals surface area contributed by atoms with E-state index >= 15 is 0 Å². The van der Waals surface area contributed by atoms with Gasteiger partial charge in [-0.2, -0.15) is 18.2 Å². The van der Waals surface area contributed by atoms with E-state index in [0.29, 0.717) is 33.3 Å². The van der Waals surface area contributed by atoms with Crippen molar-refractivity contribution in [3.8, 4) is 0 Å². The van der Waals surface area contributed by atoms with E-state index < -0.39 is 12.0 Å². The molecule has 0 fully saturated rings. The van der Waals surface area contributed by atoms with Crippen LogP contribution in [0.15, 0.2) is 18.2 Å². The van der Waals surface area contributed by atoms with E-state index in [4.69, 9.17) is 0 Å². The second-order valence-electron chi connectivity index (χ2n) is 7.34. The molecule has 0 bridgehead atoms. The Morgan fingerprint density at radius 2 is 1.88 bits per heavy atom. The van der Waals surface area contributed by atoms with Gasteiger partial charge in [0, 0.05) is 30.4 Å². The van der Waals surface area contributed by atoms with Gasteiger partial charge in [0.25, 0.3) is 11.6 Å². The standard InChI is InChI=1S/C20H18F3N7O2S/c1-9-13(10(2)30-18(24-9)28-17(29-30)20(21,22)23)5-7-16(32)27-19-26-14-6-4-12(25-11(3)31)8-15(14)33-19/h4,6,8H,5,7H2,1-3H3,(H,25,31)(H,26,27,32). The monoisotopic (exact) mass is 477 g/mol. The van der Waals surface area contributed by atoms with E-state index in [0.717, 1.165) is 9.22 Å². The van der Waals surface area contributed by atoms with Gasteiger partial charge in [0.2, 0.25) is 11.8 Å². The molecule has 0 unspecified atom stereocenters. The van der Waals surface area contributed by atoms with Gasteiger partial charge in [-0.25, -0.2) is 14.5 Å². The average Bonchev–Trinajstić information content (AvgIpc) is 3.30. The lowest BCUT2D eigenvalue weighted by atomic mass is 10.1. The van der Waals surface area contributed by atoms with Crippen molar-refractivity contribution >= 4 is 50.0 Å². The molecule has 13 heteroatoms. The van der Waals surface area contributed by atoms with E-state index in [1.165, 1.54) is 18.3 Å². The number of alkyl halides is 3. The largest absolute Gasteiger partial charge is 0.453 e. The highest BCUT2D eigenvalue weighted by molar-refractivity contribution is 7.22. The summed E-state index contributed by atoms with van der Waals surface area (Å²) in [5, 5.41) is 9.35. The fourth-order valence-electron chi connectivity index (χ4n) is 3.37. The van der Waals surface area contributed by atoms with Crippen molar-refractivity contribution in [1.82, 2.24) is 24.6 Å². The van der Waals surface area contributed by atoms with Gasteiger partial charge in [0.1, 0.15) is 0 Å². The fraction of sp³-hybridized carbons (Fsp3) is 0.300. The zero-order chi connectivity index (χ0) is 23.9. The summed E-state index contributed by atoms with van der Waals surface area (Å²) in [6.45, 7) is 4.68. The quantitative estimate of drug-likeness (QED) is 0.451. The molecular weight excluding hydrogens is 459 g/mol. The number of carbonyl (C=O) groups is 2. The molecule has 0 spiro atoms. The van der Waals surface area contributed by atoms with E-state index in [2.05, 4.69) is 30.7 Å². The van der Waals surface area contributed by atoms with Crippen molar-refractivity contribution in [2.24, 2.45) is 0 Å². The molecule has 0 aliphatic heterocycles. The second-order valence-corrected chi connectivity index (χ2v) is 8.37. The lowest BCUT2D eigenvalue weighted by molar-refractivity contribution is -0.144. The Bertz CT molecular complexity index is 1390. The van der Waals surface area contributed by atoms with Crippen molar-refractivity contribution in [2.45, 2.75) is 39.8 Å². The first-order valence-corrected chi connectivity index (χ1v) is 10.6. The highest BCUT2D eigenvalue weighted by Crippen LogP contribution is 2.29. The van der Waals surface area contributed by atoms with Gasteiger partial charge in [-0.1, -0.05) is 11.3 Å². The summed E-state index contributed by atoms with van der Waals surface area (Å²) < 4.78 is 40.6. The first-order valence-electron chi connectivity index (χ1n) is 9.79. The molecule has 4 rings (SSSR count). The highest BCUT2D eigenvalue weighted by atomic mass is 32.1. The lowest BCUT2D eigenvalue weighted by Gasteiger charge is -2.10. The van der Waals surface area contributed by atoms with Gasteiger partial charge in [0.15, 0.2) is 5.13 Å². The van der Waals surface area contributed by atoms with Gasteiger partial charge >= 0.3 is 6.18 Å². The topological polar surface area (TPSA) is 114 Å². The number of nitrogens with one attached hydrogen (secondary N) is 2. The molecule has 0 aliphatic carbocycles. The molecule has 2 amide bonds. The van der Waals surface area contributed by atoms with Crippen LogP contribution in [0.25, 0.3) is 16.0 Å². The van der Waals surface area contributed by atoms with Gasteiger partial charge in [-0.15, -0.1) is 5.10 Å². The number of halogens is 3. The zero-order valence-corrected chi connectivity index (χ0v) is 18.6. The van der Waals surface area contributed by atoms with E-state index in [-0.39, 0.29) is 30.4 Å². The van der Waals surface area contributed by atoms with Crippen LogP contribution in [-0.4, -0.2) is 36.4 Å². The lowest BCUT2D eigenvalue weighted by Crippen LogP contribution is -2.14. The number of aromatic nitrogens is 5. The van der Waals surface area contributed by atoms with Gasteiger partial charge in [-0.3, -0.25) is 9.59 Å². The number of thiazole rings is 1. The number of carbonyl (C=O) groups excluding carboxylic acids is 2. The number of fused-ring (bicyclic) bond motifs is 2. The van der Waals surface area contributed by atoms with E-state index in [9.17, 15) is 22.8 Å². The molecular formula is C20H18F3N7O2S. The predicted molar refractivity (Wildman–Crippen MR) is 116 cm³/mol. The van der Waals surface area contributed by atoms with Crippen LogP contribution in [0.2, 0.25) is 0 Å². The number of rotatable bonds is 5. The van der Waals surface area contributed by atoms with Crippen LogP contribution in [0.5, 0.6) is 0 Å². The Labute approximate surface area is 189 Å². The average molecular weight is 477 g/mol. The maximum Gasteiger partial charge on any atom is 0.453 e. The van der Waals surface area contributed by atoms with Crippen LogP contribution in [0.4, 0.5) is 24.0 Å². The fourth-order valence-corrected chi connectivity index (χ4v) is 4.29. The van der Waals surface area contributed by atoms with Crippen molar-refractivity contribution < 1.29 is 22.8 Å². The molecule has 9 nitrogen and oxygen atoms in total. The Morgan fingerprint density at radius 3 is 2.58 bits per heavy atom. The van der Waals surface area contributed by atoms with E-state index in [1.54, 1.807) is 32.0 Å². The Morgan fingerprint density at radius 1 is 1.12 bits per heavy atom. The summed E-state index contributed by atoms with van der Waals surface area (Å²) in [5.41, 5.74) is 2.86. The zero-order valence-electron chi connectivity index (χ0n) is 17.7. The van der Waals surface area contributed by atoms with Crippen LogP contribution < -0.4 is 10.6 Å². The highest BCUT2D eigenvalue weighted by Gasteiger charge is 2.37. The number of anilines is 2. The summed E-state index contributed by atoms with van der Waals surface area (Å²) in [5.74, 6) is -1.89. The van der Waals surface area contributed by atoms with Gasteiger partial charge in [-0.05, 0) is 44.0 Å². The van der Waals surface area contributed by atoms with Crippen molar-refractivity contribution in [2.75, 3.05) is 10.6 Å². The van der Waals surface area contributed by atoms with Crippen LogP contribution in [0, 0.1) is 13.8 Å². The summed E-state index contributed by atoms with van der Waals surface area (Å²) >= 11 is 1.27. The molecule has 4 aromatic rings.